The number of aryl methyl sites for hydroxylation is 1. The molecule has 0 aliphatic carbocycles. The van der Waals surface area contributed by atoms with E-state index in [1.807, 2.05) is 30.1 Å². The van der Waals surface area contributed by atoms with Gasteiger partial charge in [0.05, 0.1) is 30.6 Å². The van der Waals surface area contributed by atoms with Crippen molar-refractivity contribution in [2.24, 2.45) is 0 Å². The molecule has 2 aromatic rings. The molecule has 0 fully saturated rings. The summed E-state index contributed by atoms with van der Waals surface area (Å²) in [7, 11) is 1.72. The van der Waals surface area contributed by atoms with E-state index in [0.717, 1.165) is 50.7 Å². The highest BCUT2D eigenvalue weighted by molar-refractivity contribution is 5.13. The zero-order chi connectivity index (χ0) is 16.9. The molecular formula is C17H27N5O2. The summed E-state index contributed by atoms with van der Waals surface area (Å²) in [5.74, 6) is 1.06. The molecule has 1 aliphatic rings. The topological polar surface area (TPSA) is 68.3 Å². The summed E-state index contributed by atoms with van der Waals surface area (Å²) in [6.45, 7) is 7.06. The van der Waals surface area contributed by atoms with Gasteiger partial charge in [0.25, 0.3) is 0 Å². The number of fused-ring (bicyclic) bond motifs is 1. The summed E-state index contributed by atoms with van der Waals surface area (Å²) in [6, 6.07) is 2.05. The summed E-state index contributed by atoms with van der Waals surface area (Å²) in [5, 5.41) is 14.6. The van der Waals surface area contributed by atoms with Crippen molar-refractivity contribution in [1.29, 1.82) is 0 Å². The SMILES string of the molecule is CC[C@@H](O)c1cc2n(n1)CCCN(Cc1nccn1CCOC)C2. The van der Waals surface area contributed by atoms with E-state index in [-0.39, 0.29) is 0 Å². The normalized spacial score (nSPS) is 16.8. The molecule has 0 bridgehead atoms. The molecule has 2 aromatic heterocycles. The first-order valence-corrected chi connectivity index (χ1v) is 8.67. The number of aliphatic hydroxyl groups excluding tert-OH is 1. The van der Waals surface area contributed by atoms with Crippen LogP contribution in [0.15, 0.2) is 18.5 Å². The van der Waals surface area contributed by atoms with Crippen LogP contribution in [0.25, 0.3) is 0 Å². The van der Waals surface area contributed by atoms with Crippen molar-refractivity contribution in [2.45, 2.75) is 52.0 Å². The summed E-state index contributed by atoms with van der Waals surface area (Å²) in [5.41, 5.74) is 1.96. The predicted octanol–water partition coefficient (Wildman–Crippen LogP) is 1.58. The van der Waals surface area contributed by atoms with E-state index < -0.39 is 6.10 Å². The molecule has 3 heterocycles. The average Bonchev–Trinajstić information content (AvgIpc) is 3.15. The van der Waals surface area contributed by atoms with Crippen LogP contribution in [0.5, 0.6) is 0 Å². The van der Waals surface area contributed by atoms with Crippen molar-refractivity contribution in [3.05, 3.63) is 35.7 Å². The third-order valence-electron chi connectivity index (χ3n) is 4.54. The molecule has 1 aliphatic heterocycles. The van der Waals surface area contributed by atoms with Gasteiger partial charge in [-0.15, -0.1) is 0 Å². The molecule has 7 nitrogen and oxygen atoms in total. The number of imidazole rings is 1. The smallest absolute Gasteiger partial charge is 0.122 e. The highest BCUT2D eigenvalue weighted by Crippen LogP contribution is 2.20. The molecular weight excluding hydrogens is 306 g/mol. The van der Waals surface area contributed by atoms with E-state index in [1.165, 1.54) is 5.69 Å². The molecule has 7 heteroatoms. The van der Waals surface area contributed by atoms with Gasteiger partial charge in [-0.25, -0.2) is 4.98 Å². The number of nitrogens with zero attached hydrogens (tertiary/aromatic N) is 5. The van der Waals surface area contributed by atoms with Crippen LogP contribution < -0.4 is 0 Å². The molecule has 132 valence electrons. The van der Waals surface area contributed by atoms with Crippen molar-refractivity contribution >= 4 is 0 Å². The number of hydrogen-bond donors (Lipinski definition) is 1. The number of aromatic nitrogens is 4. The molecule has 0 spiro atoms. The van der Waals surface area contributed by atoms with Gasteiger partial charge in [0.2, 0.25) is 0 Å². The highest BCUT2D eigenvalue weighted by atomic mass is 16.5. The minimum absolute atomic E-state index is 0.467. The van der Waals surface area contributed by atoms with Gasteiger partial charge >= 0.3 is 0 Å². The second-order valence-electron chi connectivity index (χ2n) is 6.30. The lowest BCUT2D eigenvalue weighted by Crippen LogP contribution is -2.25. The Labute approximate surface area is 142 Å². The number of hydrogen-bond acceptors (Lipinski definition) is 5. The van der Waals surface area contributed by atoms with Crippen molar-refractivity contribution in [1.82, 2.24) is 24.2 Å². The van der Waals surface area contributed by atoms with E-state index >= 15 is 0 Å². The van der Waals surface area contributed by atoms with Crippen LogP contribution in [-0.4, -0.2) is 49.6 Å². The Bertz CT molecular complexity index is 651. The lowest BCUT2D eigenvalue weighted by atomic mass is 10.2. The summed E-state index contributed by atoms with van der Waals surface area (Å²) in [4.78, 5) is 6.90. The van der Waals surface area contributed by atoms with Gasteiger partial charge in [-0.05, 0) is 18.9 Å². The molecule has 0 unspecified atom stereocenters. The minimum atomic E-state index is -0.467. The molecule has 1 N–H and O–H groups in total. The number of ether oxygens (including phenoxy) is 1. The fourth-order valence-electron chi connectivity index (χ4n) is 3.14. The maximum absolute atomic E-state index is 10.0. The molecule has 0 saturated heterocycles. The first-order chi connectivity index (χ1) is 11.7. The van der Waals surface area contributed by atoms with E-state index in [1.54, 1.807) is 7.11 Å². The largest absolute Gasteiger partial charge is 0.387 e. The third-order valence-corrected chi connectivity index (χ3v) is 4.54. The minimum Gasteiger partial charge on any atom is -0.387 e. The van der Waals surface area contributed by atoms with Crippen molar-refractivity contribution in [3.8, 4) is 0 Å². The third kappa shape index (κ3) is 3.85. The molecule has 3 rings (SSSR count). The van der Waals surface area contributed by atoms with Gasteiger partial charge in [-0.3, -0.25) is 9.58 Å². The highest BCUT2D eigenvalue weighted by Gasteiger charge is 2.20. The number of methoxy groups -OCH3 is 1. The van der Waals surface area contributed by atoms with Crippen LogP contribution in [0, 0.1) is 0 Å². The van der Waals surface area contributed by atoms with Crippen LogP contribution in [0.2, 0.25) is 0 Å². The van der Waals surface area contributed by atoms with Crippen LogP contribution in [-0.2, 0) is 30.9 Å². The van der Waals surface area contributed by atoms with E-state index in [9.17, 15) is 5.11 Å². The van der Waals surface area contributed by atoms with Gasteiger partial charge < -0.3 is 14.4 Å². The van der Waals surface area contributed by atoms with Gasteiger partial charge in [-0.2, -0.15) is 5.10 Å². The zero-order valence-electron chi connectivity index (χ0n) is 14.6. The maximum Gasteiger partial charge on any atom is 0.122 e. The van der Waals surface area contributed by atoms with Gasteiger partial charge in [0, 0.05) is 45.7 Å². The van der Waals surface area contributed by atoms with Crippen LogP contribution in [0.4, 0.5) is 0 Å². The van der Waals surface area contributed by atoms with E-state index in [4.69, 9.17) is 4.74 Å². The monoisotopic (exact) mass is 333 g/mol. The fourth-order valence-corrected chi connectivity index (χ4v) is 3.14. The first-order valence-electron chi connectivity index (χ1n) is 8.67. The second kappa shape index (κ2) is 7.92. The lowest BCUT2D eigenvalue weighted by Gasteiger charge is -2.19. The Balaban J connectivity index is 1.69. The lowest BCUT2D eigenvalue weighted by molar-refractivity contribution is 0.167. The Kier molecular flexibility index (Phi) is 5.65. The van der Waals surface area contributed by atoms with Gasteiger partial charge in [0.1, 0.15) is 5.82 Å². The molecule has 0 aromatic carbocycles. The summed E-state index contributed by atoms with van der Waals surface area (Å²) < 4.78 is 9.36. The molecule has 24 heavy (non-hydrogen) atoms. The van der Waals surface area contributed by atoms with E-state index in [2.05, 4.69) is 19.5 Å². The van der Waals surface area contributed by atoms with E-state index in [0.29, 0.717) is 13.0 Å². The molecule has 0 radical (unpaired) electrons. The maximum atomic E-state index is 10.0. The molecule has 1 atom stereocenters. The van der Waals surface area contributed by atoms with Crippen LogP contribution in [0.3, 0.4) is 0 Å². The molecule has 0 saturated carbocycles. The molecule has 0 amide bonds. The van der Waals surface area contributed by atoms with Crippen molar-refractivity contribution in [2.75, 3.05) is 20.3 Å². The summed E-state index contributed by atoms with van der Waals surface area (Å²) >= 11 is 0. The quantitative estimate of drug-likeness (QED) is 0.833. The Morgan fingerprint density at radius 3 is 3.04 bits per heavy atom. The second-order valence-corrected chi connectivity index (χ2v) is 6.30. The Morgan fingerprint density at radius 1 is 1.38 bits per heavy atom. The van der Waals surface area contributed by atoms with Crippen molar-refractivity contribution in [3.63, 3.8) is 0 Å². The van der Waals surface area contributed by atoms with Gasteiger partial charge in [-0.1, -0.05) is 6.92 Å². The number of rotatable bonds is 7. The average molecular weight is 333 g/mol. The predicted molar refractivity (Wildman–Crippen MR) is 90.3 cm³/mol. The van der Waals surface area contributed by atoms with Crippen molar-refractivity contribution < 1.29 is 9.84 Å². The Hall–Kier alpha value is -1.70. The summed E-state index contributed by atoms with van der Waals surface area (Å²) in [6.07, 6.45) is 5.13. The zero-order valence-corrected chi connectivity index (χ0v) is 14.6. The van der Waals surface area contributed by atoms with Gasteiger partial charge in [0.15, 0.2) is 0 Å². The van der Waals surface area contributed by atoms with Crippen LogP contribution >= 0.6 is 0 Å². The standard InChI is InChI=1S/C17H27N5O2/c1-3-16(23)15-11-14-12-20(6-4-7-22(14)19-15)13-17-18-5-8-21(17)9-10-24-2/h5,8,11,16,23H,3-4,6-7,9-10,12-13H2,1-2H3/t16-/m1/s1. The first kappa shape index (κ1) is 17.1. The fraction of sp³-hybridized carbons (Fsp3) is 0.647. The van der Waals surface area contributed by atoms with Crippen LogP contribution in [0.1, 0.15) is 43.1 Å². The Morgan fingerprint density at radius 2 is 2.25 bits per heavy atom. The number of aliphatic hydroxyl groups is 1.